The van der Waals surface area contributed by atoms with Crippen molar-refractivity contribution in [1.29, 1.82) is 0 Å². The SMILES string of the molecule is CC(C)c1ccc(CN2CCN(C(=O)c3cccc(OCc4cscn4)c3)CC2)cc1. The third-order valence-corrected chi connectivity index (χ3v) is 6.30. The standard InChI is InChI=1S/C25H29N3O2S/c1-19(2)21-8-6-20(7-9-21)15-27-10-12-28(13-11-27)25(29)22-4-3-5-24(14-22)30-16-23-17-31-18-26-23/h3-9,14,17-19H,10-13,15-16H2,1-2H3. The van der Waals surface area contributed by atoms with Gasteiger partial charge in [-0.05, 0) is 35.2 Å². The molecule has 1 aliphatic heterocycles. The van der Waals surface area contributed by atoms with E-state index in [4.69, 9.17) is 4.74 Å². The molecule has 4 rings (SSSR count). The Balaban J connectivity index is 1.29. The number of thiazole rings is 1. The Morgan fingerprint density at radius 3 is 2.55 bits per heavy atom. The second kappa shape index (κ2) is 10.1. The quantitative estimate of drug-likeness (QED) is 0.535. The molecule has 2 heterocycles. The molecule has 1 amide bonds. The van der Waals surface area contributed by atoms with Crippen molar-refractivity contribution < 1.29 is 9.53 Å². The number of carbonyl (C=O) groups is 1. The summed E-state index contributed by atoms with van der Waals surface area (Å²) >= 11 is 1.55. The normalized spacial score (nSPS) is 14.7. The van der Waals surface area contributed by atoms with E-state index in [2.05, 4.69) is 48.0 Å². The monoisotopic (exact) mass is 435 g/mol. The molecule has 0 saturated carbocycles. The van der Waals surface area contributed by atoms with E-state index >= 15 is 0 Å². The van der Waals surface area contributed by atoms with E-state index in [1.54, 1.807) is 16.8 Å². The van der Waals surface area contributed by atoms with Crippen LogP contribution in [0.25, 0.3) is 0 Å². The number of hydrogen-bond donors (Lipinski definition) is 0. The first kappa shape index (κ1) is 21.5. The topological polar surface area (TPSA) is 45.7 Å². The zero-order valence-corrected chi connectivity index (χ0v) is 19.0. The largest absolute Gasteiger partial charge is 0.487 e. The van der Waals surface area contributed by atoms with Crippen LogP contribution in [0.4, 0.5) is 0 Å². The summed E-state index contributed by atoms with van der Waals surface area (Å²) in [5.41, 5.74) is 6.07. The molecule has 1 aliphatic rings. The van der Waals surface area contributed by atoms with Gasteiger partial charge >= 0.3 is 0 Å². The van der Waals surface area contributed by atoms with Crippen LogP contribution in [0.15, 0.2) is 59.4 Å². The summed E-state index contributed by atoms with van der Waals surface area (Å²) in [6.07, 6.45) is 0. The van der Waals surface area contributed by atoms with E-state index in [9.17, 15) is 4.79 Å². The van der Waals surface area contributed by atoms with Crippen molar-refractivity contribution in [2.45, 2.75) is 32.9 Å². The first-order valence-corrected chi connectivity index (χ1v) is 11.7. The number of ether oxygens (including phenoxy) is 1. The lowest BCUT2D eigenvalue weighted by Crippen LogP contribution is -2.48. The smallest absolute Gasteiger partial charge is 0.254 e. The summed E-state index contributed by atoms with van der Waals surface area (Å²) < 4.78 is 5.80. The van der Waals surface area contributed by atoms with Crippen molar-refractivity contribution >= 4 is 17.2 Å². The van der Waals surface area contributed by atoms with Crippen molar-refractivity contribution in [1.82, 2.24) is 14.8 Å². The molecule has 0 unspecified atom stereocenters. The van der Waals surface area contributed by atoms with Gasteiger partial charge in [0.1, 0.15) is 12.4 Å². The molecule has 0 radical (unpaired) electrons. The summed E-state index contributed by atoms with van der Waals surface area (Å²) in [6, 6.07) is 16.4. The van der Waals surface area contributed by atoms with Crippen LogP contribution in [0.3, 0.4) is 0 Å². The zero-order valence-electron chi connectivity index (χ0n) is 18.2. The van der Waals surface area contributed by atoms with Crippen LogP contribution in [-0.2, 0) is 13.2 Å². The lowest BCUT2D eigenvalue weighted by atomic mass is 10.0. The Bertz CT molecular complexity index is 978. The highest BCUT2D eigenvalue weighted by molar-refractivity contribution is 7.07. The third-order valence-electron chi connectivity index (χ3n) is 5.66. The number of aromatic nitrogens is 1. The van der Waals surface area contributed by atoms with E-state index in [1.807, 2.05) is 34.5 Å². The maximum Gasteiger partial charge on any atom is 0.254 e. The molecule has 5 nitrogen and oxygen atoms in total. The third kappa shape index (κ3) is 5.71. The molecule has 2 aromatic carbocycles. The maximum atomic E-state index is 13.0. The molecular weight excluding hydrogens is 406 g/mol. The summed E-state index contributed by atoms with van der Waals surface area (Å²) in [6.45, 7) is 9.04. The molecule has 0 N–H and O–H groups in total. The van der Waals surface area contributed by atoms with E-state index < -0.39 is 0 Å². The van der Waals surface area contributed by atoms with Gasteiger partial charge < -0.3 is 9.64 Å². The second-order valence-electron chi connectivity index (χ2n) is 8.26. The predicted octanol–water partition coefficient (Wildman–Crippen LogP) is 4.80. The molecule has 0 spiro atoms. The van der Waals surface area contributed by atoms with Crippen LogP contribution in [-0.4, -0.2) is 46.9 Å². The van der Waals surface area contributed by atoms with Gasteiger partial charge in [0.15, 0.2) is 0 Å². The summed E-state index contributed by atoms with van der Waals surface area (Å²) in [7, 11) is 0. The van der Waals surface area contributed by atoms with Gasteiger partial charge in [-0.15, -0.1) is 11.3 Å². The highest BCUT2D eigenvalue weighted by Gasteiger charge is 2.22. The Hall–Kier alpha value is -2.70. The van der Waals surface area contributed by atoms with Gasteiger partial charge in [0.05, 0.1) is 11.2 Å². The summed E-state index contributed by atoms with van der Waals surface area (Å²) in [5, 5.41) is 1.97. The van der Waals surface area contributed by atoms with Gasteiger partial charge in [-0.25, -0.2) is 4.98 Å². The fourth-order valence-corrected chi connectivity index (χ4v) is 4.29. The summed E-state index contributed by atoms with van der Waals surface area (Å²) in [4.78, 5) is 21.6. The molecule has 1 saturated heterocycles. The molecule has 0 atom stereocenters. The van der Waals surface area contributed by atoms with Gasteiger partial charge in [-0.3, -0.25) is 9.69 Å². The van der Waals surface area contributed by atoms with Gasteiger partial charge in [0.2, 0.25) is 0 Å². The van der Waals surface area contributed by atoms with Crippen molar-refractivity contribution in [3.05, 3.63) is 81.8 Å². The van der Waals surface area contributed by atoms with Crippen LogP contribution >= 0.6 is 11.3 Å². The second-order valence-corrected chi connectivity index (χ2v) is 8.98. The van der Waals surface area contributed by atoms with Crippen LogP contribution in [0.1, 0.15) is 46.9 Å². The molecule has 1 aromatic heterocycles. The van der Waals surface area contributed by atoms with Crippen LogP contribution in [0.2, 0.25) is 0 Å². The number of hydrogen-bond acceptors (Lipinski definition) is 5. The Morgan fingerprint density at radius 2 is 1.87 bits per heavy atom. The Kier molecular flexibility index (Phi) is 6.99. The minimum Gasteiger partial charge on any atom is -0.487 e. The van der Waals surface area contributed by atoms with Gasteiger partial charge in [-0.1, -0.05) is 44.2 Å². The van der Waals surface area contributed by atoms with E-state index in [1.165, 1.54) is 11.1 Å². The number of benzene rings is 2. The highest BCUT2D eigenvalue weighted by Crippen LogP contribution is 2.19. The first-order chi connectivity index (χ1) is 15.1. The lowest BCUT2D eigenvalue weighted by Gasteiger charge is -2.35. The Morgan fingerprint density at radius 1 is 1.10 bits per heavy atom. The minimum atomic E-state index is 0.0695. The zero-order chi connectivity index (χ0) is 21.6. The van der Waals surface area contributed by atoms with Gasteiger partial charge in [0.25, 0.3) is 5.91 Å². The highest BCUT2D eigenvalue weighted by atomic mass is 32.1. The van der Waals surface area contributed by atoms with Crippen LogP contribution in [0, 0.1) is 0 Å². The molecule has 31 heavy (non-hydrogen) atoms. The fraction of sp³-hybridized carbons (Fsp3) is 0.360. The molecule has 1 fully saturated rings. The molecule has 6 heteroatoms. The number of carbonyl (C=O) groups excluding carboxylic acids is 1. The van der Waals surface area contributed by atoms with Gasteiger partial charge in [0, 0.05) is 43.7 Å². The van der Waals surface area contributed by atoms with Crippen molar-refractivity contribution in [2.75, 3.05) is 26.2 Å². The molecule has 0 aliphatic carbocycles. The van der Waals surface area contributed by atoms with Crippen molar-refractivity contribution in [3.63, 3.8) is 0 Å². The van der Waals surface area contributed by atoms with Crippen LogP contribution < -0.4 is 4.74 Å². The molecular formula is C25H29N3O2S. The lowest BCUT2D eigenvalue weighted by molar-refractivity contribution is 0.0628. The molecule has 0 bridgehead atoms. The predicted molar refractivity (Wildman–Crippen MR) is 125 cm³/mol. The van der Waals surface area contributed by atoms with Gasteiger partial charge in [-0.2, -0.15) is 0 Å². The van der Waals surface area contributed by atoms with Crippen molar-refractivity contribution in [3.8, 4) is 5.75 Å². The van der Waals surface area contributed by atoms with Crippen LogP contribution in [0.5, 0.6) is 5.75 Å². The number of nitrogens with zero attached hydrogens (tertiary/aromatic N) is 3. The van der Waals surface area contributed by atoms with E-state index in [-0.39, 0.29) is 5.91 Å². The Labute approximate surface area is 188 Å². The van der Waals surface area contributed by atoms with E-state index in [0.29, 0.717) is 23.8 Å². The number of rotatable bonds is 7. The number of piperazine rings is 1. The number of amides is 1. The first-order valence-electron chi connectivity index (χ1n) is 10.8. The maximum absolute atomic E-state index is 13.0. The molecule has 162 valence electrons. The van der Waals surface area contributed by atoms with Crippen molar-refractivity contribution in [2.24, 2.45) is 0 Å². The minimum absolute atomic E-state index is 0.0695. The van der Waals surface area contributed by atoms with E-state index in [0.717, 1.165) is 38.4 Å². The fourth-order valence-electron chi connectivity index (χ4n) is 3.74. The average Bonchev–Trinajstić information content (AvgIpc) is 3.32. The summed E-state index contributed by atoms with van der Waals surface area (Å²) in [5.74, 6) is 1.32. The molecule has 3 aromatic rings. The average molecular weight is 436 g/mol.